The zero-order valence-corrected chi connectivity index (χ0v) is 8.79. The summed E-state index contributed by atoms with van der Waals surface area (Å²) in [5, 5.41) is 4.85. The number of nitrogen functional groups attached to an aromatic ring is 1. The van der Waals surface area contributed by atoms with Gasteiger partial charge in [-0.3, -0.25) is 4.68 Å². The molecule has 0 atom stereocenters. The molecule has 0 amide bonds. The summed E-state index contributed by atoms with van der Waals surface area (Å²) in [6.45, 7) is 3.08. The van der Waals surface area contributed by atoms with Crippen LogP contribution in [-0.4, -0.2) is 14.8 Å². The minimum Gasteiger partial charge on any atom is -0.375 e. The van der Waals surface area contributed by atoms with Gasteiger partial charge in [0, 0.05) is 24.5 Å². The molecule has 0 saturated heterocycles. The molecule has 0 spiro atoms. The van der Waals surface area contributed by atoms with Gasteiger partial charge in [-0.05, 0) is 6.42 Å². The zero-order valence-electron chi connectivity index (χ0n) is 7.97. The Kier molecular flexibility index (Phi) is 2.49. The van der Waals surface area contributed by atoms with Gasteiger partial charge in [-0.1, -0.05) is 18.3 Å². The Morgan fingerprint density at radius 1 is 1.50 bits per heavy atom. The van der Waals surface area contributed by atoms with Crippen LogP contribution in [0.1, 0.15) is 13.3 Å². The first kappa shape index (κ1) is 9.21. The van der Waals surface area contributed by atoms with Crippen LogP contribution in [0.4, 0.5) is 5.13 Å². The fourth-order valence-corrected chi connectivity index (χ4v) is 1.92. The number of hydrogen-bond donors (Lipinski definition) is 1. The fraction of sp³-hybridized carbons (Fsp3) is 0.333. The highest BCUT2D eigenvalue weighted by Crippen LogP contribution is 2.26. The van der Waals surface area contributed by atoms with E-state index < -0.39 is 0 Å². The molecule has 2 aromatic rings. The number of nitrogens with zero attached hydrogens (tertiary/aromatic N) is 3. The number of rotatable bonds is 3. The normalized spacial score (nSPS) is 10.6. The highest BCUT2D eigenvalue weighted by Gasteiger charge is 2.04. The van der Waals surface area contributed by atoms with E-state index >= 15 is 0 Å². The smallest absolute Gasteiger partial charge is 0.180 e. The van der Waals surface area contributed by atoms with E-state index in [1.807, 2.05) is 17.1 Å². The lowest BCUT2D eigenvalue weighted by Gasteiger charge is -1.94. The summed E-state index contributed by atoms with van der Waals surface area (Å²) in [5.41, 5.74) is 6.65. The summed E-state index contributed by atoms with van der Waals surface area (Å²) in [7, 11) is 0. The molecule has 2 rings (SSSR count). The Hall–Kier alpha value is -1.36. The molecule has 0 aliphatic heterocycles. The molecule has 4 nitrogen and oxygen atoms in total. The van der Waals surface area contributed by atoms with E-state index in [-0.39, 0.29) is 0 Å². The van der Waals surface area contributed by atoms with Gasteiger partial charge in [0.15, 0.2) is 5.13 Å². The predicted molar refractivity (Wildman–Crippen MR) is 58.0 cm³/mol. The maximum Gasteiger partial charge on any atom is 0.180 e. The van der Waals surface area contributed by atoms with Crippen LogP contribution in [0, 0.1) is 0 Å². The van der Waals surface area contributed by atoms with Gasteiger partial charge in [-0.2, -0.15) is 5.10 Å². The highest BCUT2D eigenvalue weighted by molar-refractivity contribution is 7.18. The van der Waals surface area contributed by atoms with Gasteiger partial charge in [0.1, 0.15) is 0 Å². The van der Waals surface area contributed by atoms with Crippen molar-refractivity contribution in [1.29, 1.82) is 0 Å². The standard InChI is InChI=1S/C9H12N4S/c1-2-3-13-6-7(4-12-13)8-5-11-9(10)14-8/h4-6H,2-3H2,1H3,(H2,10,11). The third-order valence-electron chi connectivity index (χ3n) is 1.89. The lowest BCUT2D eigenvalue weighted by Crippen LogP contribution is -1.95. The summed E-state index contributed by atoms with van der Waals surface area (Å²) < 4.78 is 1.94. The molecule has 74 valence electrons. The minimum atomic E-state index is 0.600. The summed E-state index contributed by atoms with van der Waals surface area (Å²) >= 11 is 1.49. The van der Waals surface area contributed by atoms with Crippen LogP contribution >= 0.6 is 11.3 Å². The van der Waals surface area contributed by atoms with Crippen LogP contribution in [0.5, 0.6) is 0 Å². The maximum absolute atomic E-state index is 5.56. The Labute approximate surface area is 86.4 Å². The fourth-order valence-electron chi connectivity index (χ4n) is 1.26. The van der Waals surface area contributed by atoms with Gasteiger partial charge in [0.25, 0.3) is 0 Å². The van der Waals surface area contributed by atoms with Crippen molar-refractivity contribution in [2.75, 3.05) is 5.73 Å². The van der Waals surface area contributed by atoms with Crippen LogP contribution in [0.2, 0.25) is 0 Å². The van der Waals surface area contributed by atoms with Crippen molar-refractivity contribution in [2.45, 2.75) is 19.9 Å². The largest absolute Gasteiger partial charge is 0.375 e. The summed E-state index contributed by atoms with van der Waals surface area (Å²) in [6, 6.07) is 0. The third-order valence-corrected chi connectivity index (χ3v) is 2.77. The molecule has 0 unspecified atom stereocenters. The predicted octanol–water partition coefficient (Wildman–Crippen LogP) is 2.00. The van der Waals surface area contributed by atoms with E-state index in [4.69, 9.17) is 5.73 Å². The van der Waals surface area contributed by atoms with Crippen molar-refractivity contribution >= 4 is 16.5 Å². The molecule has 2 heterocycles. The monoisotopic (exact) mass is 208 g/mol. The Balaban J connectivity index is 2.24. The van der Waals surface area contributed by atoms with Crippen molar-refractivity contribution in [3.8, 4) is 10.4 Å². The number of hydrogen-bond acceptors (Lipinski definition) is 4. The molecule has 0 aliphatic rings. The minimum absolute atomic E-state index is 0.600. The summed E-state index contributed by atoms with van der Waals surface area (Å²) in [4.78, 5) is 5.08. The number of aryl methyl sites for hydroxylation is 1. The quantitative estimate of drug-likeness (QED) is 0.839. The first-order valence-corrected chi connectivity index (χ1v) is 5.35. The average molecular weight is 208 g/mol. The zero-order chi connectivity index (χ0) is 9.97. The van der Waals surface area contributed by atoms with Crippen LogP contribution in [0.3, 0.4) is 0 Å². The second kappa shape index (κ2) is 3.79. The van der Waals surface area contributed by atoms with E-state index in [0.717, 1.165) is 23.4 Å². The molecule has 0 aromatic carbocycles. The van der Waals surface area contributed by atoms with Crippen LogP contribution in [0.15, 0.2) is 18.6 Å². The highest BCUT2D eigenvalue weighted by atomic mass is 32.1. The second-order valence-electron chi connectivity index (χ2n) is 3.05. The Morgan fingerprint density at radius 2 is 2.36 bits per heavy atom. The van der Waals surface area contributed by atoms with Crippen LogP contribution in [-0.2, 0) is 6.54 Å². The molecule has 2 N–H and O–H groups in total. The van der Waals surface area contributed by atoms with Crippen molar-refractivity contribution in [2.24, 2.45) is 0 Å². The molecule has 14 heavy (non-hydrogen) atoms. The molecule has 0 radical (unpaired) electrons. The van der Waals surface area contributed by atoms with Gasteiger partial charge in [-0.15, -0.1) is 0 Å². The maximum atomic E-state index is 5.56. The number of aromatic nitrogens is 3. The van der Waals surface area contributed by atoms with E-state index in [2.05, 4.69) is 17.0 Å². The van der Waals surface area contributed by atoms with Crippen LogP contribution < -0.4 is 5.73 Å². The molecular formula is C9H12N4S. The van der Waals surface area contributed by atoms with Crippen molar-refractivity contribution in [3.63, 3.8) is 0 Å². The number of nitrogens with two attached hydrogens (primary N) is 1. The SMILES string of the molecule is CCCn1cc(-c2cnc(N)s2)cn1. The van der Waals surface area contributed by atoms with E-state index in [9.17, 15) is 0 Å². The first-order valence-electron chi connectivity index (χ1n) is 4.53. The molecule has 0 aliphatic carbocycles. The molecule has 0 bridgehead atoms. The third kappa shape index (κ3) is 1.77. The lowest BCUT2D eigenvalue weighted by atomic mass is 10.3. The summed E-state index contributed by atoms with van der Waals surface area (Å²) in [6.07, 6.45) is 6.75. The topological polar surface area (TPSA) is 56.7 Å². The van der Waals surface area contributed by atoms with Crippen LogP contribution in [0.25, 0.3) is 10.4 Å². The Morgan fingerprint density at radius 3 is 3.00 bits per heavy atom. The van der Waals surface area contributed by atoms with Gasteiger partial charge in [-0.25, -0.2) is 4.98 Å². The lowest BCUT2D eigenvalue weighted by molar-refractivity contribution is 0.603. The Bertz CT molecular complexity index is 418. The average Bonchev–Trinajstić information content (AvgIpc) is 2.74. The molecular weight excluding hydrogens is 196 g/mol. The van der Waals surface area contributed by atoms with Gasteiger partial charge in [0.2, 0.25) is 0 Å². The van der Waals surface area contributed by atoms with Crippen molar-refractivity contribution < 1.29 is 0 Å². The molecule has 0 saturated carbocycles. The number of anilines is 1. The molecule has 2 aromatic heterocycles. The van der Waals surface area contributed by atoms with Gasteiger partial charge in [0.05, 0.1) is 11.1 Å². The van der Waals surface area contributed by atoms with Gasteiger partial charge >= 0.3 is 0 Å². The molecule has 5 heteroatoms. The number of thiazole rings is 1. The van der Waals surface area contributed by atoms with Crippen molar-refractivity contribution in [3.05, 3.63) is 18.6 Å². The van der Waals surface area contributed by atoms with E-state index in [1.54, 1.807) is 6.20 Å². The van der Waals surface area contributed by atoms with Crippen molar-refractivity contribution in [1.82, 2.24) is 14.8 Å². The van der Waals surface area contributed by atoms with Gasteiger partial charge < -0.3 is 5.73 Å². The van der Waals surface area contributed by atoms with E-state index in [0.29, 0.717) is 5.13 Å². The first-order chi connectivity index (χ1) is 6.79. The molecule has 0 fully saturated rings. The summed E-state index contributed by atoms with van der Waals surface area (Å²) in [5.74, 6) is 0. The van der Waals surface area contributed by atoms with E-state index in [1.165, 1.54) is 11.3 Å². The second-order valence-corrected chi connectivity index (χ2v) is 4.12.